The molecule has 0 aromatic heterocycles. The molecule has 8 unspecified atom stereocenters. The van der Waals surface area contributed by atoms with E-state index in [1.807, 2.05) is 0 Å². The molecule has 0 aromatic rings. The van der Waals surface area contributed by atoms with E-state index in [9.17, 15) is 0 Å². The van der Waals surface area contributed by atoms with Crippen LogP contribution in [-0.4, -0.2) is 4.83 Å². The van der Waals surface area contributed by atoms with E-state index in [0.717, 1.165) is 46.3 Å². The van der Waals surface area contributed by atoms with Crippen molar-refractivity contribution < 1.29 is 0 Å². The van der Waals surface area contributed by atoms with Gasteiger partial charge in [-0.2, -0.15) is 0 Å². The average molecular weight is 393 g/mol. The first-order valence-corrected chi connectivity index (χ1v) is 11.9. The summed E-state index contributed by atoms with van der Waals surface area (Å²) in [7, 11) is 0. The zero-order valence-corrected chi connectivity index (χ0v) is 17.3. The van der Waals surface area contributed by atoms with Crippen molar-refractivity contribution in [3.05, 3.63) is 12.2 Å². The largest absolute Gasteiger partial charge is 0.0993 e. The van der Waals surface area contributed by atoms with Gasteiger partial charge in [0.1, 0.15) is 0 Å². The molecule has 0 aromatic carbocycles. The summed E-state index contributed by atoms with van der Waals surface area (Å²) in [5.74, 6) is 6.80. The third-order valence-corrected chi connectivity index (χ3v) is 9.29. The lowest BCUT2D eigenvalue weighted by atomic mass is 9.59. The van der Waals surface area contributed by atoms with Crippen molar-refractivity contribution >= 4 is 15.9 Å². The second-order valence-electron chi connectivity index (χ2n) is 9.54. The molecule has 4 rings (SSSR count). The van der Waals surface area contributed by atoms with Crippen molar-refractivity contribution in [2.75, 3.05) is 0 Å². The Morgan fingerprint density at radius 2 is 1.71 bits per heavy atom. The van der Waals surface area contributed by atoms with Crippen LogP contribution >= 0.6 is 15.9 Å². The summed E-state index contributed by atoms with van der Waals surface area (Å²) in [5, 5.41) is 0. The second-order valence-corrected chi connectivity index (χ2v) is 10.8. The summed E-state index contributed by atoms with van der Waals surface area (Å²) < 4.78 is 0. The average Bonchev–Trinajstić information content (AvgIpc) is 2.89. The molecule has 8 atom stereocenters. The van der Waals surface area contributed by atoms with Crippen molar-refractivity contribution in [2.45, 2.75) is 88.8 Å². The zero-order chi connectivity index (χ0) is 16.7. The quantitative estimate of drug-likeness (QED) is 0.347. The fourth-order valence-corrected chi connectivity index (χ4v) is 8.44. The maximum absolute atomic E-state index is 4.74. The molecule has 1 heteroatoms. The standard InChI is InChI=1S/C23H37Br/c1-3-7-21-19(16-8-6-9-17(24)14-16)12-13-22-20-11-5-4-10-18(20)15(2)23(21)22/h16-23H,2-14H2,1H3. The van der Waals surface area contributed by atoms with Gasteiger partial charge in [0.15, 0.2) is 0 Å². The zero-order valence-electron chi connectivity index (χ0n) is 15.7. The normalized spacial score (nSPS) is 48.8. The summed E-state index contributed by atoms with van der Waals surface area (Å²) in [6.07, 6.45) is 17.7. The van der Waals surface area contributed by atoms with Crippen molar-refractivity contribution in [3.8, 4) is 0 Å². The number of halogens is 1. The SMILES string of the molecule is C=C1C2CCCCC2C2CCC(C3CCCC(Br)C3)C(CCC)C12. The first-order chi connectivity index (χ1) is 11.7. The number of alkyl halides is 1. The highest BCUT2D eigenvalue weighted by Gasteiger charge is 2.53. The van der Waals surface area contributed by atoms with Crippen LogP contribution in [0, 0.1) is 41.4 Å². The Kier molecular flexibility index (Phi) is 5.47. The molecule has 0 aliphatic heterocycles. The van der Waals surface area contributed by atoms with E-state index in [-0.39, 0.29) is 0 Å². The van der Waals surface area contributed by atoms with Crippen LogP contribution in [0.5, 0.6) is 0 Å². The Morgan fingerprint density at radius 3 is 2.50 bits per heavy atom. The van der Waals surface area contributed by atoms with Crippen molar-refractivity contribution in [1.29, 1.82) is 0 Å². The first-order valence-electron chi connectivity index (χ1n) is 11.0. The minimum Gasteiger partial charge on any atom is -0.0993 e. The lowest BCUT2D eigenvalue weighted by Crippen LogP contribution is -2.39. The lowest BCUT2D eigenvalue weighted by molar-refractivity contribution is 0.0442. The highest BCUT2D eigenvalue weighted by atomic mass is 79.9. The van der Waals surface area contributed by atoms with E-state index >= 15 is 0 Å². The van der Waals surface area contributed by atoms with Gasteiger partial charge in [0.25, 0.3) is 0 Å². The highest BCUT2D eigenvalue weighted by molar-refractivity contribution is 9.09. The van der Waals surface area contributed by atoms with Gasteiger partial charge >= 0.3 is 0 Å². The van der Waals surface area contributed by atoms with E-state index < -0.39 is 0 Å². The van der Waals surface area contributed by atoms with Gasteiger partial charge in [-0.25, -0.2) is 0 Å². The minimum atomic E-state index is 0.797. The Bertz CT molecular complexity index is 455. The number of fused-ring (bicyclic) bond motifs is 3. The molecule has 4 saturated carbocycles. The van der Waals surface area contributed by atoms with Crippen LogP contribution in [0.1, 0.15) is 84.0 Å². The topological polar surface area (TPSA) is 0 Å². The van der Waals surface area contributed by atoms with E-state index in [1.165, 1.54) is 77.0 Å². The molecule has 4 fully saturated rings. The van der Waals surface area contributed by atoms with E-state index in [2.05, 4.69) is 22.9 Å². The summed E-state index contributed by atoms with van der Waals surface area (Å²) in [5.41, 5.74) is 1.72. The van der Waals surface area contributed by atoms with Crippen LogP contribution in [0.2, 0.25) is 0 Å². The van der Waals surface area contributed by atoms with E-state index in [0.29, 0.717) is 0 Å². The molecule has 0 spiro atoms. The van der Waals surface area contributed by atoms with Crippen molar-refractivity contribution in [2.24, 2.45) is 41.4 Å². The number of hydrogen-bond acceptors (Lipinski definition) is 0. The van der Waals surface area contributed by atoms with Gasteiger partial charge in [-0.05, 0) is 86.4 Å². The van der Waals surface area contributed by atoms with Crippen LogP contribution < -0.4 is 0 Å². The molecule has 24 heavy (non-hydrogen) atoms. The Balaban J connectivity index is 1.57. The molecule has 0 N–H and O–H groups in total. The van der Waals surface area contributed by atoms with Crippen LogP contribution in [0.4, 0.5) is 0 Å². The van der Waals surface area contributed by atoms with Gasteiger partial charge < -0.3 is 0 Å². The number of allylic oxidation sites excluding steroid dienone is 1. The molecule has 136 valence electrons. The molecule has 4 aliphatic carbocycles. The highest BCUT2D eigenvalue weighted by Crippen LogP contribution is 2.61. The Morgan fingerprint density at radius 1 is 0.917 bits per heavy atom. The third-order valence-electron chi connectivity index (χ3n) is 8.46. The minimum absolute atomic E-state index is 0.797. The maximum atomic E-state index is 4.74. The first kappa shape index (κ1) is 17.6. The van der Waals surface area contributed by atoms with Gasteiger partial charge in [0, 0.05) is 4.83 Å². The predicted octanol–water partition coefficient (Wildman–Crippen LogP) is 7.38. The maximum Gasteiger partial charge on any atom is 0.0148 e. The summed E-state index contributed by atoms with van der Waals surface area (Å²) in [4.78, 5) is 0.797. The molecular weight excluding hydrogens is 356 g/mol. The van der Waals surface area contributed by atoms with Gasteiger partial charge in [-0.3, -0.25) is 0 Å². The third kappa shape index (κ3) is 3.06. The van der Waals surface area contributed by atoms with Crippen molar-refractivity contribution in [1.82, 2.24) is 0 Å². The van der Waals surface area contributed by atoms with E-state index in [1.54, 1.807) is 5.57 Å². The van der Waals surface area contributed by atoms with Crippen LogP contribution in [0.15, 0.2) is 12.2 Å². The molecule has 0 saturated heterocycles. The fraction of sp³-hybridized carbons (Fsp3) is 0.913. The predicted molar refractivity (Wildman–Crippen MR) is 107 cm³/mol. The van der Waals surface area contributed by atoms with Gasteiger partial charge in [-0.15, -0.1) is 0 Å². The summed E-state index contributed by atoms with van der Waals surface area (Å²) in [6.45, 7) is 7.16. The fourth-order valence-electron chi connectivity index (χ4n) is 7.64. The van der Waals surface area contributed by atoms with Crippen LogP contribution in [-0.2, 0) is 0 Å². The Hall–Kier alpha value is 0.220. The van der Waals surface area contributed by atoms with Gasteiger partial charge in [0.2, 0.25) is 0 Å². The number of hydrogen-bond donors (Lipinski definition) is 0. The lowest BCUT2D eigenvalue weighted by Gasteiger charge is -2.47. The van der Waals surface area contributed by atoms with Crippen molar-refractivity contribution in [3.63, 3.8) is 0 Å². The molecule has 0 heterocycles. The molecule has 0 nitrogen and oxygen atoms in total. The monoisotopic (exact) mass is 392 g/mol. The van der Waals surface area contributed by atoms with E-state index in [4.69, 9.17) is 6.58 Å². The molecule has 0 radical (unpaired) electrons. The second kappa shape index (κ2) is 7.45. The molecule has 0 amide bonds. The molecule has 4 aliphatic rings. The summed E-state index contributed by atoms with van der Waals surface area (Å²) >= 11 is 3.95. The van der Waals surface area contributed by atoms with Gasteiger partial charge in [0.05, 0.1) is 0 Å². The molecular formula is C23H37Br. The van der Waals surface area contributed by atoms with Crippen LogP contribution in [0.3, 0.4) is 0 Å². The van der Waals surface area contributed by atoms with Gasteiger partial charge in [-0.1, -0.05) is 67.1 Å². The Labute approximate surface area is 158 Å². The smallest absolute Gasteiger partial charge is 0.0148 e. The number of rotatable bonds is 3. The molecule has 0 bridgehead atoms. The summed E-state index contributed by atoms with van der Waals surface area (Å²) in [6, 6.07) is 0. The van der Waals surface area contributed by atoms with Crippen LogP contribution in [0.25, 0.3) is 0 Å².